The summed E-state index contributed by atoms with van der Waals surface area (Å²) < 4.78 is 0. The van der Waals surface area contributed by atoms with E-state index >= 15 is 0 Å². The molecule has 0 aromatic rings. The monoisotopic (exact) mass is 242 g/mol. The maximum Gasteiger partial charge on any atom is 0.219 e. The highest BCUT2D eigenvalue weighted by Crippen LogP contribution is 2.26. The Morgan fingerprint density at radius 3 is 2.12 bits per heavy atom. The number of hydrogen-bond acceptors (Lipinski definition) is 3. The molecule has 2 fully saturated rings. The topological polar surface area (TPSA) is 23.6 Å². The first-order valence-corrected chi connectivity index (χ1v) is 6.86. The Labute approximate surface area is 104 Å². The van der Waals surface area contributed by atoms with Crippen molar-refractivity contribution in [3.8, 4) is 0 Å². The molecule has 3 nitrogen and oxygen atoms in total. The van der Waals surface area contributed by atoms with Crippen molar-refractivity contribution in [2.45, 2.75) is 43.9 Å². The van der Waals surface area contributed by atoms with E-state index in [4.69, 9.17) is 0 Å². The summed E-state index contributed by atoms with van der Waals surface area (Å²) in [5.74, 6) is 0.221. The van der Waals surface area contributed by atoms with Crippen molar-refractivity contribution in [2.75, 3.05) is 26.2 Å². The number of carbonyl (C=O) groups is 1. The molecule has 0 bridgehead atoms. The lowest BCUT2D eigenvalue weighted by Crippen LogP contribution is -2.52. The predicted molar refractivity (Wildman–Crippen MR) is 68.9 cm³/mol. The van der Waals surface area contributed by atoms with E-state index in [1.807, 2.05) is 4.90 Å². The van der Waals surface area contributed by atoms with Crippen molar-refractivity contribution >= 4 is 18.5 Å². The fourth-order valence-corrected chi connectivity index (χ4v) is 3.12. The van der Waals surface area contributed by atoms with Gasteiger partial charge in [0.15, 0.2) is 0 Å². The standard InChI is InChI=1S/C12H22N2OS/c1-10(15)13-6-8-14(9-7-13)11-2-4-12(16)5-3-11/h11-12,16H,2-9H2,1H3. The molecule has 92 valence electrons. The molecule has 1 saturated carbocycles. The van der Waals surface area contributed by atoms with Gasteiger partial charge in [-0.15, -0.1) is 0 Å². The van der Waals surface area contributed by atoms with Crippen LogP contribution in [0.15, 0.2) is 0 Å². The highest BCUT2D eigenvalue weighted by Gasteiger charge is 2.27. The third-order valence-corrected chi connectivity index (χ3v) is 4.46. The minimum absolute atomic E-state index is 0.221. The average molecular weight is 242 g/mol. The molecule has 2 aliphatic rings. The van der Waals surface area contributed by atoms with E-state index in [0.717, 1.165) is 32.2 Å². The molecule has 2 rings (SSSR count). The van der Waals surface area contributed by atoms with Crippen LogP contribution in [0.5, 0.6) is 0 Å². The maximum atomic E-state index is 11.2. The van der Waals surface area contributed by atoms with Crippen LogP contribution in [0.2, 0.25) is 0 Å². The molecule has 0 N–H and O–H groups in total. The van der Waals surface area contributed by atoms with Gasteiger partial charge in [-0.3, -0.25) is 9.69 Å². The average Bonchev–Trinajstić information content (AvgIpc) is 2.30. The number of rotatable bonds is 1. The minimum Gasteiger partial charge on any atom is -0.340 e. The molecule has 1 aliphatic carbocycles. The zero-order chi connectivity index (χ0) is 11.5. The van der Waals surface area contributed by atoms with Crippen LogP contribution in [0, 0.1) is 0 Å². The van der Waals surface area contributed by atoms with Crippen LogP contribution < -0.4 is 0 Å². The van der Waals surface area contributed by atoms with Crippen LogP contribution in [-0.2, 0) is 4.79 Å². The first-order chi connectivity index (χ1) is 7.66. The van der Waals surface area contributed by atoms with E-state index in [1.165, 1.54) is 25.7 Å². The lowest BCUT2D eigenvalue weighted by molar-refractivity contribution is -0.130. The summed E-state index contributed by atoms with van der Waals surface area (Å²) in [7, 11) is 0. The zero-order valence-electron chi connectivity index (χ0n) is 10.1. The number of amides is 1. The molecule has 1 heterocycles. The second-order valence-electron chi connectivity index (χ2n) is 5.00. The molecular formula is C12H22N2OS. The summed E-state index contributed by atoms with van der Waals surface area (Å²) in [6.45, 7) is 5.61. The van der Waals surface area contributed by atoms with E-state index in [1.54, 1.807) is 6.92 Å². The van der Waals surface area contributed by atoms with Crippen molar-refractivity contribution in [3.63, 3.8) is 0 Å². The van der Waals surface area contributed by atoms with Gasteiger partial charge in [-0.05, 0) is 25.7 Å². The van der Waals surface area contributed by atoms with Gasteiger partial charge < -0.3 is 4.90 Å². The lowest BCUT2D eigenvalue weighted by Gasteiger charge is -2.41. The number of hydrogen-bond donors (Lipinski definition) is 1. The second-order valence-corrected chi connectivity index (χ2v) is 5.73. The molecule has 0 atom stereocenters. The molecule has 16 heavy (non-hydrogen) atoms. The first kappa shape index (κ1) is 12.2. The fraction of sp³-hybridized carbons (Fsp3) is 0.917. The van der Waals surface area contributed by atoms with Crippen LogP contribution in [0.25, 0.3) is 0 Å². The Morgan fingerprint density at radius 2 is 1.62 bits per heavy atom. The molecule has 0 aromatic carbocycles. The van der Waals surface area contributed by atoms with Gasteiger partial charge in [-0.25, -0.2) is 0 Å². The molecule has 4 heteroatoms. The van der Waals surface area contributed by atoms with E-state index in [2.05, 4.69) is 17.5 Å². The third kappa shape index (κ3) is 2.92. The van der Waals surface area contributed by atoms with E-state index in [-0.39, 0.29) is 5.91 Å². The van der Waals surface area contributed by atoms with Crippen molar-refractivity contribution in [3.05, 3.63) is 0 Å². The summed E-state index contributed by atoms with van der Waals surface area (Å²) in [5.41, 5.74) is 0. The molecule has 0 spiro atoms. The van der Waals surface area contributed by atoms with Gasteiger partial charge in [0.05, 0.1) is 0 Å². The zero-order valence-corrected chi connectivity index (χ0v) is 11.0. The van der Waals surface area contributed by atoms with Gasteiger partial charge in [0.1, 0.15) is 0 Å². The highest BCUT2D eigenvalue weighted by atomic mass is 32.1. The number of nitrogens with zero attached hydrogens (tertiary/aromatic N) is 2. The molecule has 1 aliphatic heterocycles. The Hall–Kier alpha value is -0.220. The second kappa shape index (κ2) is 5.41. The fourth-order valence-electron chi connectivity index (χ4n) is 2.83. The molecular weight excluding hydrogens is 220 g/mol. The first-order valence-electron chi connectivity index (χ1n) is 6.34. The lowest BCUT2D eigenvalue weighted by atomic mass is 9.93. The Kier molecular flexibility index (Phi) is 4.14. The SMILES string of the molecule is CC(=O)N1CCN(C2CCC(S)CC2)CC1. The molecule has 1 amide bonds. The van der Waals surface area contributed by atoms with Crippen molar-refractivity contribution in [1.82, 2.24) is 9.80 Å². The van der Waals surface area contributed by atoms with Gasteiger partial charge in [0, 0.05) is 44.4 Å². The van der Waals surface area contributed by atoms with E-state index < -0.39 is 0 Å². The summed E-state index contributed by atoms with van der Waals surface area (Å²) >= 11 is 4.54. The van der Waals surface area contributed by atoms with Gasteiger partial charge in [-0.2, -0.15) is 12.6 Å². The van der Waals surface area contributed by atoms with Gasteiger partial charge in [0.25, 0.3) is 0 Å². The highest BCUT2D eigenvalue weighted by molar-refractivity contribution is 7.80. The van der Waals surface area contributed by atoms with Crippen LogP contribution in [0.3, 0.4) is 0 Å². The number of thiol groups is 1. The van der Waals surface area contributed by atoms with Gasteiger partial charge in [-0.1, -0.05) is 0 Å². The predicted octanol–water partition coefficient (Wildman–Crippen LogP) is 1.39. The Balaban J connectivity index is 1.78. The molecule has 0 aromatic heterocycles. The van der Waals surface area contributed by atoms with Crippen LogP contribution in [-0.4, -0.2) is 53.2 Å². The van der Waals surface area contributed by atoms with Crippen LogP contribution in [0.1, 0.15) is 32.6 Å². The number of piperazine rings is 1. The van der Waals surface area contributed by atoms with Crippen molar-refractivity contribution < 1.29 is 4.79 Å². The molecule has 1 saturated heterocycles. The molecule has 0 unspecified atom stereocenters. The van der Waals surface area contributed by atoms with E-state index in [9.17, 15) is 4.79 Å². The van der Waals surface area contributed by atoms with Crippen LogP contribution in [0.4, 0.5) is 0 Å². The normalized spacial score (nSPS) is 32.8. The van der Waals surface area contributed by atoms with Gasteiger partial charge in [0.2, 0.25) is 5.91 Å². The quantitative estimate of drug-likeness (QED) is 0.703. The minimum atomic E-state index is 0.221. The summed E-state index contributed by atoms with van der Waals surface area (Å²) in [6.07, 6.45) is 5.07. The van der Waals surface area contributed by atoms with E-state index in [0.29, 0.717) is 5.25 Å². The number of carbonyl (C=O) groups excluding carboxylic acids is 1. The summed E-state index contributed by atoms with van der Waals surface area (Å²) in [6, 6.07) is 0.748. The van der Waals surface area contributed by atoms with Crippen molar-refractivity contribution in [1.29, 1.82) is 0 Å². The van der Waals surface area contributed by atoms with Crippen LogP contribution >= 0.6 is 12.6 Å². The largest absolute Gasteiger partial charge is 0.340 e. The maximum absolute atomic E-state index is 11.2. The third-order valence-electron chi connectivity index (χ3n) is 3.94. The summed E-state index contributed by atoms with van der Waals surface area (Å²) in [5, 5.41) is 0.620. The molecule has 0 radical (unpaired) electrons. The Morgan fingerprint density at radius 1 is 1.06 bits per heavy atom. The smallest absolute Gasteiger partial charge is 0.219 e. The van der Waals surface area contributed by atoms with Crippen molar-refractivity contribution in [2.24, 2.45) is 0 Å². The van der Waals surface area contributed by atoms with Gasteiger partial charge >= 0.3 is 0 Å². The Bertz CT molecular complexity index is 243. The summed E-state index contributed by atoms with van der Waals surface area (Å²) in [4.78, 5) is 15.7.